The molecular weight excluding hydrogens is 344 g/mol. The van der Waals surface area contributed by atoms with Gasteiger partial charge in [0.1, 0.15) is 5.69 Å². The summed E-state index contributed by atoms with van der Waals surface area (Å²) in [6.07, 6.45) is 0. The average Bonchev–Trinajstić information content (AvgIpc) is 3.04. The second-order valence-corrected chi connectivity index (χ2v) is 6.41. The summed E-state index contributed by atoms with van der Waals surface area (Å²) in [5.41, 5.74) is 3.73. The van der Waals surface area contributed by atoms with Crippen LogP contribution >= 0.6 is 0 Å². The van der Waals surface area contributed by atoms with Gasteiger partial charge in [0.2, 0.25) is 0 Å². The first-order valence-corrected chi connectivity index (χ1v) is 8.62. The van der Waals surface area contributed by atoms with Gasteiger partial charge in [0.25, 0.3) is 5.88 Å². The van der Waals surface area contributed by atoms with Gasteiger partial charge >= 0.3 is 0 Å². The van der Waals surface area contributed by atoms with Gasteiger partial charge in [-0.2, -0.15) is 0 Å². The molecule has 7 heteroatoms. The molecule has 1 heterocycles. The first-order chi connectivity index (χ1) is 13.0. The lowest BCUT2D eigenvalue weighted by Crippen LogP contribution is -2.20. The largest absolute Gasteiger partial charge is 0.493 e. The van der Waals surface area contributed by atoms with Gasteiger partial charge in [0.15, 0.2) is 11.5 Å². The average molecular weight is 368 g/mol. The van der Waals surface area contributed by atoms with Crippen LogP contribution in [0.5, 0.6) is 17.4 Å². The van der Waals surface area contributed by atoms with Crippen LogP contribution in [0.15, 0.2) is 42.5 Å². The van der Waals surface area contributed by atoms with Gasteiger partial charge in [-0.05, 0) is 49.4 Å². The van der Waals surface area contributed by atoms with Gasteiger partial charge in [0.05, 0.1) is 19.9 Å². The molecule has 0 spiro atoms. The van der Waals surface area contributed by atoms with Crippen molar-refractivity contribution in [2.24, 2.45) is 0 Å². The molecule has 27 heavy (non-hydrogen) atoms. The second kappa shape index (κ2) is 8.09. The number of rotatable bonds is 7. The number of aryl methyl sites for hydroxylation is 1. The fourth-order valence-corrected chi connectivity index (χ4v) is 3.00. The second-order valence-electron chi connectivity index (χ2n) is 6.41. The van der Waals surface area contributed by atoms with Gasteiger partial charge in [0, 0.05) is 13.1 Å². The minimum absolute atomic E-state index is 0.0604. The lowest BCUT2D eigenvalue weighted by molar-refractivity contribution is 0.302. The number of hydrogen-bond acceptors (Lipinski definition) is 6. The Morgan fingerprint density at radius 2 is 1.70 bits per heavy atom. The summed E-state index contributed by atoms with van der Waals surface area (Å²) in [7, 11) is 5.24. The smallest absolute Gasteiger partial charge is 0.256 e. The van der Waals surface area contributed by atoms with Crippen molar-refractivity contribution in [2.45, 2.75) is 20.0 Å². The van der Waals surface area contributed by atoms with E-state index in [2.05, 4.69) is 15.2 Å². The zero-order chi connectivity index (χ0) is 19.4. The third-order valence-electron chi connectivity index (χ3n) is 4.45. The van der Waals surface area contributed by atoms with E-state index in [1.807, 2.05) is 56.4 Å². The lowest BCUT2D eigenvalue weighted by atomic mass is 10.1. The molecule has 3 aromatic rings. The van der Waals surface area contributed by atoms with Crippen LogP contribution in [-0.2, 0) is 13.1 Å². The van der Waals surface area contributed by atoms with E-state index in [-0.39, 0.29) is 5.88 Å². The molecule has 3 rings (SSSR count). The van der Waals surface area contributed by atoms with Gasteiger partial charge in [-0.1, -0.05) is 28.5 Å². The van der Waals surface area contributed by atoms with Crippen molar-refractivity contribution in [3.8, 4) is 23.1 Å². The zero-order valence-corrected chi connectivity index (χ0v) is 16.0. The predicted molar refractivity (Wildman–Crippen MR) is 102 cm³/mol. The number of hydrogen-bond donors (Lipinski definition) is 1. The summed E-state index contributed by atoms with van der Waals surface area (Å²) >= 11 is 0. The predicted octanol–water partition coefficient (Wildman–Crippen LogP) is 2.93. The normalized spacial score (nSPS) is 11.0. The van der Waals surface area contributed by atoms with Crippen molar-refractivity contribution >= 4 is 0 Å². The number of benzene rings is 2. The summed E-state index contributed by atoms with van der Waals surface area (Å²) in [6, 6.07) is 13.6. The SMILES string of the molecule is COc1cc(C)c(CN(C)Cc2c(O)nnn2-c2ccccc2)cc1OC. The van der Waals surface area contributed by atoms with Crippen LogP contribution in [0.1, 0.15) is 16.8 Å². The molecule has 0 atom stereocenters. The fourth-order valence-electron chi connectivity index (χ4n) is 3.00. The maximum atomic E-state index is 10.2. The van der Waals surface area contributed by atoms with Crippen LogP contribution < -0.4 is 9.47 Å². The van der Waals surface area contributed by atoms with E-state index in [4.69, 9.17) is 9.47 Å². The van der Waals surface area contributed by atoms with Crippen molar-refractivity contribution in [3.05, 3.63) is 59.3 Å². The van der Waals surface area contributed by atoms with E-state index in [0.717, 1.165) is 16.8 Å². The highest BCUT2D eigenvalue weighted by molar-refractivity contribution is 5.47. The highest BCUT2D eigenvalue weighted by Gasteiger charge is 2.17. The van der Waals surface area contributed by atoms with Crippen LogP contribution in [0, 0.1) is 6.92 Å². The molecule has 0 aliphatic rings. The summed E-state index contributed by atoms with van der Waals surface area (Å²) in [5.74, 6) is 1.35. The van der Waals surface area contributed by atoms with E-state index in [9.17, 15) is 5.11 Å². The Labute approximate surface area is 158 Å². The number of aromatic nitrogens is 3. The molecule has 0 radical (unpaired) electrons. The third-order valence-corrected chi connectivity index (χ3v) is 4.45. The molecule has 0 aliphatic heterocycles. The molecule has 2 aromatic carbocycles. The number of methoxy groups -OCH3 is 2. The van der Waals surface area contributed by atoms with Crippen LogP contribution in [-0.4, -0.2) is 46.3 Å². The molecular formula is C20H24N4O3. The molecule has 0 amide bonds. The van der Waals surface area contributed by atoms with Gasteiger partial charge in [-0.15, -0.1) is 0 Å². The van der Waals surface area contributed by atoms with Crippen molar-refractivity contribution < 1.29 is 14.6 Å². The van der Waals surface area contributed by atoms with Crippen molar-refractivity contribution in [3.63, 3.8) is 0 Å². The maximum absolute atomic E-state index is 10.2. The van der Waals surface area contributed by atoms with Crippen LogP contribution in [0.3, 0.4) is 0 Å². The molecule has 0 saturated carbocycles. The Hall–Kier alpha value is -3.06. The van der Waals surface area contributed by atoms with Crippen LogP contribution in [0.2, 0.25) is 0 Å². The Kier molecular flexibility index (Phi) is 5.61. The van der Waals surface area contributed by atoms with Crippen molar-refractivity contribution in [1.82, 2.24) is 19.9 Å². The summed E-state index contributed by atoms with van der Waals surface area (Å²) in [6.45, 7) is 3.20. The minimum atomic E-state index is -0.0604. The van der Waals surface area contributed by atoms with Gasteiger partial charge in [-0.25, -0.2) is 4.68 Å². The molecule has 0 unspecified atom stereocenters. The summed E-state index contributed by atoms with van der Waals surface area (Å²) < 4.78 is 12.4. The minimum Gasteiger partial charge on any atom is -0.493 e. The fraction of sp³-hybridized carbons (Fsp3) is 0.300. The molecule has 142 valence electrons. The van der Waals surface area contributed by atoms with Crippen molar-refractivity contribution in [1.29, 1.82) is 0 Å². The first-order valence-electron chi connectivity index (χ1n) is 8.62. The topological polar surface area (TPSA) is 72.6 Å². The van der Waals surface area contributed by atoms with Gasteiger partial charge < -0.3 is 14.6 Å². The highest BCUT2D eigenvalue weighted by atomic mass is 16.5. The monoisotopic (exact) mass is 368 g/mol. The van der Waals surface area contributed by atoms with Gasteiger partial charge in [-0.3, -0.25) is 4.90 Å². The van der Waals surface area contributed by atoms with E-state index in [1.54, 1.807) is 18.9 Å². The molecule has 0 saturated heterocycles. The van der Waals surface area contributed by atoms with E-state index >= 15 is 0 Å². The third kappa shape index (κ3) is 4.03. The summed E-state index contributed by atoms with van der Waals surface area (Å²) in [4.78, 5) is 2.09. The number of aromatic hydroxyl groups is 1. The van der Waals surface area contributed by atoms with E-state index in [0.29, 0.717) is 30.3 Å². The van der Waals surface area contributed by atoms with E-state index < -0.39 is 0 Å². The standard InChI is InChI=1S/C20H24N4O3/c1-14-10-18(26-3)19(27-4)11-15(14)12-23(2)13-17-20(25)21-22-24(17)16-8-6-5-7-9-16/h5-11,25H,12-13H2,1-4H3. The molecule has 0 bridgehead atoms. The Bertz CT molecular complexity index is 909. The Balaban J connectivity index is 1.81. The zero-order valence-electron chi connectivity index (χ0n) is 16.0. The highest BCUT2D eigenvalue weighted by Crippen LogP contribution is 2.31. The quantitative estimate of drug-likeness (QED) is 0.691. The van der Waals surface area contributed by atoms with E-state index in [1.165, 1.54) is 0 Å². The number of ether oxygens (including phenoxy) is 2. The number of para-hydroxylation sites is 1. The summed E-state index contributed by atoms with van der Waals surface area (Å²) in [5, 5.41) is 18.0. The lowest BCUT2D eigenvalue weighted by Gasteiger charge is -2.20. The molecule has 0 aliphatic carbocycles. The Morgan fingerprint density at radius 3 is 2.37 bits per heavy atom. The molecule has 1 N–H and O–H groups in total. The Morgan fingerprint density at radius 1 is 1.04 bits per heavy atom. The molecule has 0 fully saturated rings. The van der Waals surface area contributed by atoms with Crippen LogP contribution in [0.4, 0.5) is 0 Å². The van der Waals surface area contributed by atoms with Crippen LogP contribution in [0.25, 0.3) is 5.69 Å². The van der Waals surface area contributed by atoms with Crippen molar-refractivity contribution in [2.75, 3.05) is 21.3 Å². The maximum Gasteiger partial charge on any atom is 0.256 e. The molecule has 7 nitrogen and oxygen atoms in total. The first kappa shape index (κ1) is 18.7. The number of nitrogens with zero attached hydrogens (tertiary/aromatic N) is 4. The molecule has 1 aromatic heterocycles.